The molecule has 0 heterocycles. The Bertz CT molecular complexity index is 252. The predicted molar refractivity (Wildman–Crippen MR) is 47.0 cm³/mol. The van der Waals surface area contributed by atoms with E-state index in [4.69, 9.17) is 5.73 Å². The lowest BCUT2D eigenvalue weighted by molar-refractivity contribution is 0.567. The number of halogens is 3. The summed E-state index contributed by atoms with van der Waals surface area (Å²) in [5.41, 5.74) is 5.67. The van der Waals surface area contributed by atoms with E-state index in [0.717, 1.165) is 0 Å². The van der Waals surface area contributed by atoms with E-state index in [-0.39, 0.29) is 10.1 Å². The average Bonchev–Trinajstić information content (AvgIpc) is 1.99. The van der Waals surface area contributed by atoms with Gasteiger partial charge in [0, 0.05) is 6.54 Å². The van der Waals surface area contributed by atoms with Crippen LogP contribution < -0.4 is 5.73 Å². The monoisotopic (exact) mass is 269 g/mol. The molecule has 0 aliphatic heterocycles. The van der Waals surface area contributed by atoms with E-state index in [1.54, 1.807) is 22.6 Å². The van der Waals surface area contributed by atoms with Gasteiger partial charge in [-0.3, -0.25) is 0 Å². The fourth-order valence-electron chi connectivity index (χ4n) is 0.726. The standard InChI is InChI=1S/C7H6F2IN/c8-5-1-4(3-11)2-6(9)7(5)10/h1-2H,3,11H2. The largest absolute Gasteiger partial charge is 0.326 e. The zero-order valence-electron chi connectivity index (χ0n) is 5.57. The quantitative estimate of drug-likeness (QED) is 0.612. The number of benzene rings is 1. The van der Waals surface area contributed by atoms with Crippen LogP contribution >= 0.6 is 22.6 Å². The molecule has 0 atom stereocenters. The number of rotatable bonds is 1. The first-order chi connectivity index (χ1) is 5.15. The van der Waals surface area contributed by atoms with E-state index >= 15 is 0 Å². The summed E-state index contributed by atoms with van der Waals surface area (Å²) in [7, 11) is 0. The van der Waals surface area contributed by atoms with Gasteiger partial charge in [-0.25, -0.2) is 8.78 Å². The van der Waals surface area contributed by atoms with Gasteiger partial charge in [0.25, 0.3) is 0 Å². The molecule has 0 aliphatic rings. The molecule has 0 unspecified atom stereocenters. The molecule has 0 spiro atoms. The van der Waals surface area contributed by atoms with Crippen LogP contribution in [0.15, 0.2) is 12.1 Å². The van der Waals surface area contributed by atoms with Crippen LogP contribution in [0.25, 0.3) is 0 Å². The molecule has 0 radical (unpaired) electrons. The number of nitrogens with two attached hydrogens (primary N) is 1. The molecule has 1 nitrogen and oxygen atoms in total. The Morgan fingerprint density at radius 3 is 2.09 bits per heavy atom. The van der Waals surface area contributed by atoms with Gasteiger partial charge in [-0.05, 0) is 40.3 Å². The minimum Gasteiger partial charge on any atom is -0.326 e. The Labute approximate surface area is 76.7 Å². The molecule has 0 aliphatic carbocycles. The molecular weight excluding hydrogens is 263 g/mol. The van der Waals surface area contributed by atoms with Crippen LogP contribution in [0.1, 0.15) is 5.56 Å². The Morgan fingerprint density at radius 2 is 1.73 bits per heavy atom. The number of hydrogen-bond donors (Lipinski definition) is 1. The van der Waals surface area contributed by atoms with E-state index in [2.05, 4.69) is 0 Å². The second kappa shape index (κ2) is 3.44. The normalized spacial score (nSPS) is 10.2. The molecule has 60 valence electrons. The van der Waals surface area contributed by atoms with Crippen LogP contribution in [0.3, 0.4) is 0 Å². The highest BCUT2D eigenvalue weighted by molar-refractivity contribution is 14.1. The molecule has 2 N–H and O–H groups in total. The van der Waals surface area contributed by atoms with Gasteiger partial charge in [0.1, 0.15) is 11.6 Å². The van der Waals surface area contributed by atoms with Crippen molar-refractivity contribution in [1.82, 2.24) is 0 Å². The van der Waals surface area contributed by atoms with Crippen molar-refractivity contribution in [3.63, 3.8) is 0 Å². The lowest BCUT2D eigenvalue weighted by Crippen LogP contribution is -1.99. The van der Waals surface area contributed by atoms with Crippen molar-refractivity contribution in [3.8, 4) is 0 Å². The molecule has 0 bridgehead atoms. The average molecular weight is 269 g/mol. The van der Waals surface area contributed by atoms with E-state index in [0.29, 0.717) is 5.56 Å². The molecule has 0 amide bonds. The molecule has 0 saturated carbocycles. The summed E-state index contributed by atoms with van der Waals surface area (Å²) >= 11 is 1.61. The lowest BCUT2D eigenvalue weighted by Gasteiger charge is -1.99. The van der Waals surface area contributed by atoms with Crippen LogP contribution in [0.2, 0.25) is 0 Å². The first-order valence-electron chi connectivity index (χ1n) is 2.98. The van der Waals surface area contributed by atoms with Gasteiger partial charge in [-0.15, -0.1) is 0 Å². The summed E-state index contributed by atoms with van der Waals surface area (Å²) in [5.74, 6) is -1.10. The fraction of sp³-hybridized carbons (Fsp3) is 0.143. The fourth-order valence-corrected chi connectivity index (χ4v) is 1.04. The summed E-state index contributed by atoms with van der Waals surface area (Å²) in [6.07, 6.45) is 0. The third-order valence-electron chi connectivity index (χ3n) is 1.28. The Hall–Kier alpha value is -0.230. The highest BCUT2D eigenvalue weighted by Gasteiger charge is 2.06. The molecule has 11 heavy (non-hydrogen) atoms. The SMILES string of the molecule is NCc1cc(F)c(I)c(F)c1. The van der Waals surface area contributed by atoms with Gasteiger partial charge < -0.3 is 5.73 Å². The van der Waals surface area contributed by atoms with E-state index in [1.807, 2.05) is 0 Å². The van der Waals surface area contributed by atoms with Crippen molar-refractivity contribution < 1.29 is 8.78 Å². The molecule has 0 fully saturated rings. The van der Waals surface area contributed by atoms with Crippen molar-refractivity contribution in [1.29, 1.82) is 0 Å². The van der Waals surface area contributed by atoms with Crippen LogP contribution in [-0.4, -0.2) is 0 Å². The summed E-state index contributed by atoms with van der Waals surface area (Å²) in [6.45, 7) is 0.157. The second-order valence-electron chi connectivity index (χ2n) is 2.08. The third kappa shape index (κ3) is 1.87. The highest BCUT2D eigenvalue weighted by atomic mass is 127. The Morgan fingerprint density at radius 1 is 1.27 bits per heavy atom. The summed E-state index contributed by atoms with van der Waals surface area (Å²) in [4.78, 5) is 0. The molecule has 0 saturated heterocycles. The van der Waals surface area contributed by atoms with Crippen LogP contribution in [0.4, 0.5) is 8.78 Å². The number of hydrogen-bond acceptors (Lipinski definition) is 1. The van der Waals surface area contributed by atoms with E-state index in [9.17, 15) is 8.78 Å². The highest BCUT2D eigenvalue weighted by Crippen LogP contribution is 2.16. The smallest absolute Gasteiger partial charge is 0.139 e. The van der Waals surface area contributed by atoms with Crippen molar-refractivity contribution in [2.45, 2.75) is 6.54 Å². The first kappa shape index (κ1) is 8.86. The molecule has 1 rings (SSSR count). The minimum absolute atomic E-state index is 0.0137. The van der Waals surface area contributed by atoms with Gasteiger partial charge in [0.05, 0.1) is 3.57 Å². The first-order valence-corrected chi connectivity index (χ1v) is 4.06. The van der Waals surface area contributed by atoms with Gasteiger partial charge in [0.15, 0.2) is 0 Å². The van der Waals surface area contributed by atoms with E-state index < -0.39 is 11.6 Å². The molecule has 4 heteroatoms. The Kier molecular flexibility index (Phi) is 2.78. The van der Waals surface area contributed by atoms with Crippen LogP contribution in [0.5, 0.6) is 0 Å². The van der Waals surface area contributed by atoms with Gasteiger partial charge >= 0.3 is 0 Å². The van der Waals surface area contributed by atoms with Crippen molar-refractivity contribution in [2.24, 2.45) is 5.73 Å². The van der Waals surface area contributed by atoms with Gasteiger partial charge in [-0.2, -0.15) is 0 Å². The molecule has 1 aromatic rings. The topological polar surface area (TPSA) is 26.0 Å². The summed E-state index contributed by atoms with van der Waals surface area (Å²) < 4.78 is 25.5. The van der Waals surface area contributed by atoms with E-state index in [1.165, 1.54) is 12.1 Å². The maximum Gasteiger partial charge on any atom is 0.139 e. The molecule has 1 aromatic carbocycles. The molecule has 0 aromatic heterocycles. The Balaban J connectivity index is 3.21. The van der Waals surface area contributed by atoms with Crippen LogP contribution in [0, 0.1) is 15.2 Å². The predicted octanol–water partition coefficient (Wildman–Crippen LogP) is 2.03. The molecular formula is C7H6F2IN. The summed E-state index contributed by atoms with van der Waals surface area (Å²) in [5, 5.41) is 0. The zero-order valence-corrected chi connectivity index (χ0v) is 7.73. The maximum absolute atomic E-state index is 12.7. The minimum atomic E-state index is -0.550. The summed E-state index contributed by atoms with van der Waals surface area (Å²) in [6, 6.07) is 2.48. The van der Waals surface area contributed by atoms with Gasteiger partial charge in [-0.1, -0.05) is 0 Å². The zero-order chi connectivity index (χ0) is 8.43. The second-order valence-corrected chi connectivity index (χ2v) is 3.16. The lowest BCUT2D eigenvalue weighted by atomic mass is 10.2. The van der Waals surface area contributed by atoms with Crippen molar-refractivity contribution in [2.75, 3.05) is 0 Å². The van der Waals surface area contributed by atoms with Crippen molar-refractivity contribution in [3.05, 3.63) is 32.9 Å². The maximum atomic E-state index is 12.7. The van der Waals surface area contributed by atoms with Crippen molar-refractivity contribution >= 4 is 22.6 Å². The van der Waals surface area contributed by atoms with Gasteiger partial charge in [0.2, 0.25) is 0 Å². The third-order valence-corrected chi connectivity index (χ3v) is 2.31. The van der Waals surface area contributed by atoms with Crippen LogP contribution in [-0.2, 0) is 6.54 Å².